The summed E-state index contributed by atoms with van der Waals surface area (Å²) in [7, 11) is 1.74. The fourth-order valence-electron chi connectivity index (χ4n) is 2.37. The van der Waals surface area contributed by atoms with Crippen molar-refractivity contribution in [1.29, 1.82) is 0 Å². The zero-order chi connectivity index (χ0) is 13.5. The standard InChI is InChI=1S/C16H25NO2/c1-3-9-19-15-6-4-13(5-7-15)16-11-14(16)12-17-8-10-18-2/h4-7,14,16-17H,3,8-12H2,1-2H3. The minimum atomic E-state index is 0.732. The van der Waals surface area contributed by atoms with E-state index in [9.17, 15) is 0 Å². The molecule has 0 bridgehead atoms. The highest BCUT2D eigenvalue weighted by molar-refractivity contribution is 5.32. The normalized spacial score (nSPS) is 21.4. The third-order valence-electron chi connectivity index (χ3n) is 3.59. The van der Waals surface area contributed by atoms with E-state index in [-0.39, 0.29) is 0 Å². The van der Waals surface area contributed by atoms with Gasteiger partial charge in [0.15, 0.2) is 0 Å². The number of rotatable bonds is 9. The maximum atomic E-state index is 5.60. The summed E-state index contributed by atoms with van der Waals surface area (Å²) >= 11 is 0. The van der Waals surface area contributed by atoms with Crippen molar-refractivity contribution in [2.75, 3.05) is 33.4 Å². The second kappa shape index (κ2) is 7.51. The Kier molecular flexibility index (Phi) is 5.67. The predicted molar refractivity (Wildman–Crippen MR) is 77.8 cm³/mol. The zero-order valence-corrected chi connectivity index (χ0v) is 12.0. The van der Waals surface area contributed by atoms with Crippen LogP contribution in [0.4, 0.5) is 0 Å². The molecule has 2 unspecified atom stereocenters. The maximum absolute atomic E-state index is 5.60. The molecule has 1 saturated carbocycles. The molecule has 1 aromatic rings. The van der Waals surface area contributed by atoms with Crippen LogP contribution in [0.5, 0.6) is 5.75 Å². The first-order chi connectivity index (χ1) is 9.35. The summed E-state index contributed by atoms with van der Waals surface area (Å²) in [5.74, 6) is 2.51. The first-order valence-electron chi connectivity index (χ1n) is 7.27. The molecule has 2 atom stereocenters. The lowest BCUT2D eigenvalue weighted by Gasteiger charge is -2.06. The van der Waals surface area contributed by atoms with Gasteiger partial charge in [0, 0.05) is 13.7 Å². The van der Waals surface area contributed by atoms with Crippen molar-refractivity contribution in [3.05, 3.63) is 29.8 Å². The topological polar surface area (TPSA) is 30.5 Å². The first kappa shape index (κ1) is 14.4. The van der Waals surface area contributed by atoms with Crippen molar-refractivity contribution in [3.8, 4) is 5.75 Å². The van der Waals surface area contributed by atoms with E-state index < -0.39 is 0 Å². The van der Waals surface area contributed by atoms with Gasteiger partial charge in [-0.3, -0.25) is 0 Å². The Hall–Kier alpha value is -1.06. The summed E-state index contributed by atoms with van der Waals surface area (Å²) in [6.07, 6.45) is 2.36. The van der Waals surface area contributed by atoms with Crippen molar-refractivity contribution in [2.24, 2.45) is 5.92 Å². The Labute approximate surface area is 116 Å². The van der Waals surface area contributed by atoms with Gasteiger partial charge in [0.25, 0.3) is 0 Å². The fourth-order valence-corrected chi connectivity index (χ4v) is 2.37. The molecule has 19 heavy (non-hydrogen) atoms. The molecule has 0 amide bonds. The summed E-state index contributed by atoms with van der Waals surface area (Å²) in [4.78, 5) is 0. The number of benzene rings is 1. The monoisotopic (exact) mass is 263 g/mol. The summed E-state index contributed by atoms with van der Waals surface area (Å²) in [5.41, 5.74) is 1.45. The van der Waals surface area contributed by atoms with E-state index in [2.05, 4.69) is 36.5 Å². The van der Waals surface area contributed by atoms with Gasteiger partial charge < -0.3 is 14.8 Å². The van der Waals surface area contributed by atoms with E-state index in [4.69, 9.17) is 9.47 Å². The van der Waals surface area contributed by atoms with Crippen LogP contribution in [-0.4, -0.2) is 33.4 Å². The molecule has 3 heteroatoms. The average molecular weight is 263 g/mol. The van der Waals surface area contributed by atoms with E-state index in [0.717, 1.165) is 50.3 Å². The molecule has 106 valence electrons. The quantitative estimate of drug-likeness (QED) is 0.695. The van der Waals surface area contributed by atoms with Crippen molar-refractivity contribution in [2.45, 2.75) is 25.7 Å². The van der Waals surface area contributed by atoms with Crippen molar-refractivity contribution < 1.29 is 9.47 Å². The van der Waals surface area contributed by atoms with Crippen LogP contribution in [0.3, 0.4) is 0 Å². The van der Waals surface area contributed by atoms with Crippen molar-refractivity contribution >= 4 is 0 Å². The van der Waals surface area contributed by atoms with E-state index in [1.807, 2.05) is 0 Å². The van der Waals surface area contributed by atoms with Gasteiger partial charge in [0.05, 0.1) is 13.2 Å². The van der Waals surface area contributed by atoms with Crippen molar-refractivity contribution in [1.82, 2.24) is 5.32 Å². The lowest BCUT2D eigenvalue weighted by molar-refractivity contribution is 0.199. The fraction of sp³-hybridized carbons (Fsp3) is 0.625. The van der Waals surface area contributed by atoms with Gasteiger partial charge in [0.1, 0.15) is 5.75 Å². The number of nitrogens with one attached hydrogen (secondary N) is 1. The first-order valence-corrected chi connectivity index (χ1v) is 7.27. The largest absolute Gasteiger partial charge is 0.494 e. The van der Waals surface area contributed by atoms with Gasteiger partial charge in [0.2, 0.25) is 0 Å². The molecule has 3 nitrogen and oxygen atoms in total. The van der Waals surface area contributed by atoms with Crippen LogP contribution in [0.15, 0.2) is 24.3 Å². The molecule has 0 spiro atoms. The van der Waals surface area contributed by atoms with Crippen LogP contribution in [-0.2, 0) is 4.74 Å². The molecule has 1 fully saturated rings. The highest BCUT2D eigenvalue weighted by atomic mass is 16.5. The Bertz CT molecular complexity index is 364. The SMILES string of the molecule is CCCOc1ccc(C2CC2CNCCOC)cc1. The van der Waals surface area contributed by atoms with Gasteiger partial charge >= 0.3 is 0 Å². The van der Waals surface area contributed by atoms with E-state index in [1.165, 1.54) is 12.0 Å². The molecule has 1 aliphatic rings. The van der Waals surface area contributed by atoms with Crippen LogP contribution in [0, 0.1) is 5.92 Å². The van der Waals surface area contributed by atoms with Gasteiger partial charge in [-0.05, 0) is 48.9 Å². The minimum absolute atomic E-state index is 0.732. The smallest absolute Gasteiger partial charge is 0.119 e. The second-order valence-corrected chi connectivity index (χ2v) is 5.22. The highest BCUT2D eigenvalue weighted by Gasteiger charge is 2.37. The third kappa shape index (κ3) is 4.51. The summed E-state index contributed by atoms with van der Waals surface area (Å²) in [5, 5.41) is 3.44. The number of ether oxygens (including phenoxy) is 2. The minimum Gasteiger partial charge on any atom is -0.494 e. The number of methoxy groups -OCH3 is 1. The Morgan fingerprint density at radius 1 is 1.21 bits per heavy atom. The molecule has 0 radical (unpaired) electrons. The molecule has 0 aliphatic heterocycles. The summed E-state index contributed by atoms with van der Waals surface area (Å²) < 4.78 is 10.6. The molecule has 2 rings (SSSR count). The van der Waals surface area contributed by atoms with Crippen molar-refractivity contribution in [3.63, 3.8) is 0 Å². The van der Waals surface area contributed by atoms with Crippen LogP contribution < -0.4 is 10.1 Å². The zero-order valence-electron chi connectivity index (χ0n) is 12.0. The lowest BCUT2D eigenvalue weighted by atomic mass is 10.1. The van der Waals surface area contributed by atoms with Gasteiger partial charge in [-0.2, -0.15) is 0 Å². The van der Waals surface area contributed by atoms with Crippen LogP contribution in [0.2, 0.25) is 0 Å². The third-order valence-corrected chi connectivity index (χ3v) is 3.59. The Morgan fingerprint density at radius 3 is 2.68 bits per heavy atom. The average Bonchev–Trinajstić information content (AvgIpc) is 3.21. The van der Waals surface area contributed by atoms with Crippen LogP contribution in [0.1, 0.15) is 31.2 Å². The maximum Gasteiger partial charge on any atom is 0.119 e. The Morgan fingerprint density at radius 2 is 2.00 bits per heavy atom. The molecular formula is C16H25NO2. The molecule has 1 N–H and O–H groups in total. The van der Waals surface area contributed by atoms with Gasteiger partial charge in [-0.15, -0.1) is 0 Å². The molecule has 0 aromatic heterocycles. The molecule has 0 heterocycles. The Balaban J connectivity index is 1.71. The molecule has 1 aromatic carbocycles. The van der Waals surface area contributed by atoms with Gasteiger partial charge in [-0.1, -0.05) is 19.1 Å². The van der Waals surface area contributed by atoms with Crippen LogP contribution >= 0.6 is 0 Å². The number of hydrogen-bond donors (Lipinski definition) is 1. The summed E-state index contributed by atoms with van der Waals surface area (Å²) in [6, 6.07) is 8.62. The predicted octanol–water partition coefficient (Wildman–Crippen LogP) is 2.81. The second-order valence-electron chi connectivity index (χ2n) is 5.22. The van der Waals surface area contributed by atoms with E-state index in [0.29, 0.717) is 0 Å². The number of hydrogen-bond acceptors (Lipinski definition) is 3. The van der Waals surface area contributed by atoms with Crippen LogP contribution in [0.25, 0.3) is 0 Å². The highest BCUT2D eigenvalue weighted by Crippen LogP contribution is 2.47. The van der Waals surface area contributed by atoms with Gasteiger partial charge in [-0.25, -0.2) is 0 Å². The summed E-state index contributed by atoms with van der Waals surface area (Å²) in [6.45, 7) is 5.76. The molecule has 1 aliphatic carbocycles. The lowest BCUT2D eigenvalue weighted by Crippen LogP contribution is -2.21. The van der Waals surface area contributed by atoms with E-state index >= 15 is 0 Å². The van der Waals surface area contributed by atoms with E-state index in [1.54, 1.807) is 7.11 Å². The molecule has 0 saturated heterocycles. The molecular weight excluding hydrogens is 238 g/mol.